The fourth-order valence-corrected chi connectivity index (χ4v) is 3.03. The molecule has 0 saturated heterocycles. The smallest absolute Gasteiger partial charge is 0.311 e. The lowest BCUT2D eigenvalue weighted by atomic mass is 10.2. The Labute approximate surface area is 127 Å². The van der Waals surface area contributed by atoms with E-state index in [0.29, 0.717) is 23.5 Å². The number of hydrogen-bond acceptors (Lipinski definition) is 3. The molecule has 3 aromatic heterocycles. The van der Waals surface area contributed by atoms with Crippen LogP contribution in [0, 0.1) is 6.92 Å². The Kier molecular flexibility index (Phi) is 3.23. The molecule has 0 bridgehead atoms. The standard InChI is InChI=1S/C15H21N5O2/c1-6-9(3)20-10(4)8-19-11-12(16-14(19)20)17(5)15(22)18(7-2)13(11)21/h8-9H,6-7H2,1-5H3. The van der Waals surface area contributed by atoms with Gasteiger partial charge in [0.25, 0.3) is 5.56 Å². The van der Waals surface area contributed by atoms with Crippen molar-refractivity contribution in [2.24, 2.45) is 7.05 Å². The first-order valence-electron chi connectivity index (χ1n) is 7.61. The summed E-state index contributed by atoms with van der Waals surface area (Å²) in [7, 11) is 1.66. The van der Waals surface area contributed by atoms with Gasteiger partial charge in [-0.3, -0.25) is 18.3 Å². The van der Waals surface area contributed by atoms with Gasteiger partial charge in [-0.15, -0.1) is 0 Å². The van der Waals surface area contributed by atoms with Crippen molar-refractivity contribution in [3.05, 3.63) is 32.7 Å². The van der Waals surface area contributed by atoms with E-state index in [9.17, 15) is 9.59 Å². The maximum Gasteiger partial charge on any atom is 0.332 e. The maximum absolute atomic E-state index is 12.6. The number of aromatic nitrogens is 5. The Balaban J connectivity index is 2.55. The SMILES string of the molecule is CCC(C)n1c(C)cn2c3c(=O)n(CC)c(=O)n(C)c3nc12. The molecule has 0 fully saturated rings. The lowest BCUT2D eigenvalue weighted by Gasteiger charge is -2.12. The van der Waals surface area contributed by atoms with E-state index in [2.05, 4.69) is 23.4 Å². The third-order valence-corrected chi connectivity index (χ3v) is 4.42. The van der Waals surface area contributed by atoms with E-state index in [1.54, 1.807) is 14.0 Å². The van der Waals surface area contributed by atoms with E-state index in [1.807, 2.05) is 17.5 Å². The van der Waals surface area contributed by atoms with Crippen molar-refractivity contribution in [2.75, 3.05) is 0 Å². The van der Waals surface area contributed by atoms with E-state index >= 15 is 0 Å². The summed E-state index contributed by atoms with van der Waals surface area (Å²) >= 11 is 0. The average molecular weight is 303 g/mol. The van der Waals surface area contributed by atoms with Crippen LogP contribution in [0.5, 0.6) is 0 Å². The fourth-order valence-electron chi connectivity index (χ4n) is 3.03. The van der Waals surface area contributed by atoms with E-state index in [1.165, 1.54) is 9.13 Å². The minimum absolute atomic E-state index is 0.278. The van der Waals surface area contributed by atoms with Crippen LogP contribution in [0.25, 0.3) is 16.9 Å². The summed E-state index contributed by atoms with van der Waals surface area (Å²) in [6.07, 6.45) is 2.88. The molecule has 0 saturated carbocycles. The summed E-state index contributed by atoms with van der Waals surface area (Å²) in [5.41, 5.74) is 1.34. The van der Waals surface area contributed by atoms with Crippen molar-refractivity contribution in [2.45, 2.75) is 46.7 Å². The summed E-state index contributed by atoms with van der Waals surface area (Å²) in [5, 5.41) is 0. The largest absolute Gasteiger partial charge is 0.332 e. The molecule has 0 aliphatic heterocycles. The quantitative estimate of drug-likeness (QED) is 0.735. The summed E-state index contributed by atoms with van der Waals surface area (Å²) in [6.45, 7) is 8.38. The second-order valence-electron chi connectivity index (χ2n) is 5.74. The number of nitrogens with zero attached hydrogens (tertiary/aromatic N) is 5. The van der Waals surface area contributed by atoms with Crippen molar-refractivity contribution >= 4 is 16.9 Å². The van der Waals surface area contributed by atoms with Crippen LogP contribution in [-0.4, -0.2) is 23.1 Å². The predicted octanol–water partition coefficient (Wildman–Crippen LogP) is 1.45. The lowest BCUT2D eigenvalue weighted by Crippen LogP contribution is -2.38. The van der Waals surface area contributed by atoms with Crippen LogP contribution in [0.2, 0.25) is 0 Å². The lowest BCUT2D eigenvalue weighted by molar-refractivity contribution is 0.532. The number of fused-ring (bicyclic) bond motifs is 3. The van der Waals surface area contributed by atoms with E-state index in [0.717, 1.165) is 12.1 Å². The molecule has 0 aliphatic carbocycles. The van der Waals surface area contributed by atoms with Gasteiger partial charge in [0.1, 0.15) is 0 Å². The topological polar surface area (TPSA) is 66.2 Å². The third kappa shape index (κ3) is 1.71. The molecule has 0 aromatic carbocycles. The van der Waals surface area contributed by atoms with Gasteiger partial charge in [-0.2, -0.15) is 4.98 Å². The van der Waals surface area contributed by atoms with Gasteiger partial charge in [0.15, 0.2) is 11.2 Å². The highest BCUT2D eigenvalue weighted by Crippen LogP contribution is 2.21. The molecular weight excluding hydrogens is 282 g/mol. The highest BCUT2D eigenvalue weighted by atomic mass is 16.2. The first-order chi connectivity index (χ1) is 10.4. The van der Waals surface area contributed by atoms with Crippen LogP contribution in [0.15, 0.2) is 15.8 Å². The zero-order valence-corrected chi connectivity index (χ0v) is 13.6. The van der Waals surface area contributed by atoms with Gasteiger partial charge in [-0.25, -0.2) is 4.79 Å². The summed E-state index contributed by atoms with van der Waals surface area (Å²) < 4.78 is 6.61. The van der Waals surface area contributed by atoms with Gasteiger partial charge in [-0.05, 0) is 27.2 Å². The maximum atomic E-state index is 12.6. The second-order valence-corrected chi connectivity index (χ2v) is 5.74. The van der Waals surface area contributed by atoms with Gasteiger partial charge in [0.2, 0.25) is 5.78 Å². The second kappa shape index (κ2) is 4.86. The van der Waals surface area contributed by atoms with Crippen molar-refractivity contribution in [3.63, 3.8) is 0 Å². The predicted molar refractivity (Wildman–Crippen MR) is 85.6 cm³/mol. The number of imidazole rings is 2. The van der Waals surface area contributed by atoms with E-state index < -0.39 is 0 Å². The van der Waals surface area contributed by atoms with Crippen LogP contribution in [0.3, 0.4) is 0 Å². The highest BCUT2D eigenvalue weighted by Gasteiger charge is 2.20. The van der Waals surface area contributed by atoms with Gasteiger partial charge in [-0.1, -0.05) is 6.92 Å². The molecule has 0 radical (unpaired) electrons. The van der Waals surface area contributed by atoms with Crippen molar-refractivity contribution < 1.29 is 0 Å². The Morgan fingerprint density at radius 2 is 1.95 bits per heavy atom. The highest BCUT2D eigenvalue weighted by molar-refractivity contribution is 5.75. The summed E-state index contributed by atoms with van der Waals surface area (Å²) in [5.74, 6) is 0.711. The Morgan fingerprint density at radius 1 is 1.27 bits per heavy atom. The average Bonchev–Trinajstić information content (AvgIpc) is 2.99. The van der Waals surface area contributed by atoms with E-state index in [-0.39, 0.29) is 17.3 Å². The molecule has 0 amide bonds. The van der Waals surface area contributed by atoms with E-state index in [4.69, 9.17) is 0 Å². The molecular formula is C15H21N5O2. The minimum atomic E-state index is -0.326. The van der Waals surface area contributed by atoms with Crippen LogP contribution >= 0.6 is 0 Å². The number of hydrogen-bond donors (Lipinski definition) is 0. The molecule has 0 N–H and O–H groups in total. The molecule has 7 nitrogen and oxygen atoms in total. The van der Waals surface area contributed by atoms with Crippen LogP contribution in [0.1, 0.15) is 38.9 Å². The first-order valence-corrected chi connectivity index (χ1v) is 7.61. The molecule has 0 spiro atoms. The minimum Gasteiger partial charge on any atom is -0.311 e. The van der Waals surface area contributed by atoms with Gasteiger partial charge >= 0.3 is 5.69 Å². The fraction of sp³-hybridized carbons (Fsp3) is 0.533. The Hall–Kier alpha value is -2.31. The molecule has 1 atom stereocenters. The van der Waals surface area contributed by atoms with Crippen molar-refractivity contribution in [1.29, 1.82) is 0 Å². The van der Waals surface area contributed by atoms with Gasteiger partial charge in [0.05, 0.1) is 0 Å². The first kappa shape index (κ1) is 14.6. The third-order valence-electron chi connectivity index (χ3n) is 4.42. The monoisotopic (exact) mass is 303 g/mol. The molecule has 3 heterocycles. The van der Waals surface area contributed by atoms with Crippen LogP contribution < -0.4 is 11.2 Å². The van der Waals surface area contributed by atoms with Crippen LogP contribution in [-0.2, 0) is 13.6 Å². The van der Waals surface area contributed by atoms with Crippen LogP contribution in [0.4, 0.5) is 0 Å². The Bertz CT molecular complexity index is 986. The van der Waals surface area contributed by atoms with Gasteiger partial charge in [0, 0.05) is 31.5 Å². The molecule has 0 aliphatic rings. The Morgan fingerprint density at radius 3 is 2.55 bits per heavy atom. The molecule has 3 rings (SSSR count). The molecule has 7 heteroatoms. The molecule has 22 heavy (non-hydrogen) atoms. The summed E-state index contributed by atoms with van der Waals surface area (Å²) in [4.78, 5) is 29.5. The van der Waals surface area contributed by atoms with Gasteiger partial charge < -0.3 is 4.57 Å². The molecule has 118 valence electrons. The number of rotatable bonds is 3. The summed E-state index contributed by atoms with van der Waals surface area (Å²) in [6, 6.07) is 0.278. The zero-order valence-electron chi connectivity index (χ0n) is 13.6. The normalized spacial score (nSPS) is 13.3. The van der Waals surface area contributed by atoms with Crippen molar-refractivity contribution in [1.82, 2.24) is 23.1 Å². The number of aryl methyl sites for hydroxylation is 2. The molecule has 3 aromatic rings. The van der Waals surface area contributed by atoms with Crippen molar-refractivity contribution in [3.8, 4) is 0 Å². The zero-order chi connectivity index (χ0) is 16.2. The molecule has 1 unspecified atom stereocenters.